The number of nitrogens with zero attached hydrogens (tertiary/aromatic N) is 4. The van der Waals surface area contributed by atoms with Gasteiger partial charge in [0.15, 0.2) is 0 Å². The van der Waals surface area contributed by atoms with Gasteiger partial charge in [-0.05, 0) is 62.2 Å². The minimum atomic E-state index is -4.42. The van der Waals surface area contributed by atoms with Crippen molar-refractivity contribution in [3.8, 4) is 5.69 Å². The van der Waals surface area contributed by atoms with Crippen LogP contribution in [0.25, 0.3) is 5.69 Å². The molecule has 39 heavy (non-hydrogen) atoms. The smallest absolute Gasteiger partial charge is 0.379 e. The molecule has 0 bridgehead atoms. The van der Waals surface area contributed by atoms with E-state index in [9.17, 15) is 18.0 Å². The van der Waals surface area contributed by atoms with Gasteiger partial charge in [-0.2, -0.15) is 18.3 Å². The van der Waals surface area contributed by atoms with E-state index < -0.39 is 11.7 Å². The van der Waals surface area contributed by atoms with E-state index in [-0.39, 0.29) is 13.3 Å². The highest BCUT2D eigenvalue weighted by Gasteiger charge is 2.30. The number of piperidine rings is 1. The second-order valence-corrected chi connectivity index (χ2v) is 9.99. The van der Waals surface area contributed by atoms with Crippen molar-refractivity contribution < 1.29 is 22.7 Å². The van der Waals surface area contributed by atoms with E-state index >= 15 is 0 Å². The first kappa shape index (κ1) is 28.9. The maximum atomic E-state index is 13.0. The highest BCUT2D eigenvalue weighted by Crippen LogP contribution is 2.33. The van der Waals surface area contributed by atoms with Crippen LogP contribution in [-0.4, -0.2) is 66.0 Å². The van der Waals surface area contributed by atoms with E-state index in [0.717, 1.165) is 70.1 Å². The number of nitrogens with one attached hydrogen (secondary N) is 1. The predicted molar refractivity (Wildman–Crippen MR) is 147 cm³/mol. The van der Waals surface area contributed by atoms with E-state index in [1.54, 1.807) is 13.0 Å². The number of aromatic nitrogens is 2. The number of amides is 1. The summed E-state index contributed by atoms with van der Waals surface area (Å²) in [5.74, 6) is -0.379. The maximum Gasteiger partial charge on any atom is 0.416 e. The zero-order valence-corrected chi connectivity index (χ0v) is 21.7. The molecule has 7 nitrogen and oxygen atoms in total. The van der Waals surface area contributed by atoms with Gasteiger partial charge in [0.05, 0.1) is 52.6 Å². The van der Waals surface area contributed by atoms with Gasteiger partial charge in [0.1, 0.15) is 0 Å². The third-order valence-electron chi connectivity index (χ3n) is 7.27. The Bertz CT molecular complexity index is 1280. The lowest BCUT2D eigenvalue weighted by Gasteiger charge is -2.41. The van der Waals surface area contributed by atoms with E-state index in [2.05, 4.69) is 20.2 Å². The van der Waals surface area contributed by atoms with Crippen molar-refractivity contribution in [1.29, 1.82) is 0 Å². The molecule has 0 atom stereocenters. The summed E-state index contributed by atoms with van der Waals surface area (Å²) in [5.41, 5.74) is 2.00. The molecule has 1 aromatic heterocycles. The summed E-state index contributed by atoms with van der Waals surface area (Å²) in [6.45, 7) is 7.09. The SMILES string of the molecule is C.Cc1c(C(=O)Nc2ccc(N3CCC(N4CCOCC4)CC3)c(Cl)c2)cnn1-c1ccc(C(F)(F)F)cc1. The molecule has 1 N–H and O–H groups in total. The quantitative estimate of drug-likeness (QED) is 0.410. The molecule has 2 aliphatic rings. The Hall–Kier alpha value is -3.08. The first-order chi connectivity index (χ1) is 18.2. The monoisotopic (exact) mass is 563 g/mol. The van der Waals surface area contributed by atoms with Crippen LogP contribution >= 0.6 is 11.6 Å². The number of rotatable bonds is 5. The van der Waals surface area contributed by atoms with E-state index in [4.69, 9.17) is 16.3 Å². The number of benzene rings is 2. The van der Waals surface area contributed by atoms with Crippen molar-refractivity contribution in [2.75, 3.05) is 49.6 Å². The molecule has 210 valence electrons. The second kappa shape index (κ2) is 12.0. The van der Waals surface area contributed by atoms with Crippen LogP contribution in [0, 0.1) is 6.92 Å². The molecule has 3 aromatic rings. The highest BCUT2D eigenvalue weighted by molar-refractivity contribution is 6.33. The number of carbonyl (C=O) groups excluding carboxylic acids is 1. The molecule has 0 radical (unpaired) electrons. The van der Waals surface area contributed by atoms with E-state index in [0.29, 0.717) is 33.7 Å². The molecule has 2 saturated heterocycles. The lowest BCUT2D eigenvalue weighted by Crippen LogP contribution is -2.49. The Kier molecular flexibility index (Phi) is 8.88. The number of hydrogen-bond donors (Lipinski definition) is 1. The highest BCUT2D eigenvalue weighted by atomic mass is 35.5. The summed E-state index contributed by atoms with van der Waals surface area (Å²) >= 11 is 6.62. The van der Waals surface area contributed by atoms with Crippen LogP contribution in [-0.2, 0) is 10.9 Å². The van der Waals surface area contributed by atoms with Gasteiger partial charge in [0.2, 0.25) is 0 Å². The number of halogens is 4. The van der Waals surface area contributed by atoms with Crippen molar-refractivity contribution in [1.82, 2.24) is 14.7 Å². The van der Waals surface area contributed by atoms with Crippen LogP contribution in [0.15, 0.2) is 48.7 Å². The number of alkyl halides is 3. The van der Waals surface area contributed by atoms with Gasteiger partial charge in [-0.1, -0.05) is 19.0 Å². The Balaban J connectivity index is 0.00000353. The Morgan fingerprint density at radius 2 is 1.72 bits per heavy atom. The topological polar surface area (TPSA) is 62.6 Å². The summed E-state index contributed by atoms with van der Waals surface area (Å²) in [4.78, 5) is 17.8. The van der Waals surface area contributed by atoms with Crippen LogP contribution in [0.1, 0.15) is 41.9 Å². The third-order valence-corrected chi connectivity index (χ3v) is 7.57. The summed E-state index contributed by atoms with van der Waals surface area (Å²) in [6.07, 6.45) is -0.885. The Morgan fingerprint density at radius 3 is 2.33 bits per heavy atom. The van der Waals surface area contributed by atoms with Gasteiger partial charge in [-0.25, -0.2) is 4.68 Å². The van der Waals surface area contributed by atoms with Gasteiger partial charge in [0, 0.05) is 37.9 Å². The number of carbonyl (C=O) groups is 1. The third kappa shape index (κ3) is 6.40. The number of anilines is 2. The molecule has 11 heteroatoms. The summed E-state index contributed by atoms with van der Waals surface area (Å²) < 4.78 is 45.5. The van der Waals surface area contributed by atoms with Crippen LogP contribution in [0.5, 0.6) is 0 Å². The lowest BCUT2D eigenvalue weighted by atomic mass is 10.0. The lowest BCUT2D eigenvalue weighted by molar-refractivity contribution is -0.137. The minimum Gasteiger partial charge on any atom is -0.379 e. The maximum absolute atomic E-state index is 13.0. The molecular weight excluding hydrogens is 531 g/mol. The van der Waals surface area contributed by atoms with Crippen LogP contribution < -0.4 is 10.2 Å². The Morgan fingerprint density at radius 1 is 1.05 bits per heavy atom. The van der Waals surface area contributed by atoms with Crippen molar-refractivity contribution in [2.24, 2.45) is 0 Å². The fourth-order valence-corrected chi connectivity index (χ4v) is 5.44. The second-order valence-electron chi connectivity index (χ2n) is 9.59. The predicted octanol–water partition coefficient (Wildman–Crippen LogP) is 6.04. The van der Waals surface area contributed by atoms with Gasteiger partial charge in [-0.3, -0.25) is 9.69 Å². The number of ether oxygens (including phenoxy) is 1. The molecule has 0 spiro atoms. The van der Waals surface area contributed by atoms with E-state index in [1.807, 2.05) is 12.1 Å². The Labute approximate surface area is 231 Å². The molecule has 2 aromatic carbocycles. The van der Waals surface area contributed by atoms with Crippen LogP contribution in [0.4, 0.5) is 24.5 Å². The van der Waals surface area contributed by atoms with Gasteiger partial charge >= 0.3 is 6.18 Å². The van der Waals surface area contributed by atoms with E-state index in [1.165, 1.54) is 23.0 Å². The van der Waals surface area contributed by atoms with Gasteiger partial charge in [-0.15, -0.1) is 0 Å². The molecular formula is C28H33ClF3N5O2. The standard InChI is InChI=1S/C27H29ClF3N5O2.CH4/c1-18-23(17-32-36(18)22-5-2-19(3-6-22)27(29,30)31)26(37)33-20-4-7-25(24(28)16-20)35-10-8-21(9-11-35)34-12-14-38-15-13-34;/h2-7,16-17,21H,8-15H2,1H3,(H,33,37);1H4. The van der Waals surface area contributed by atoms with Crippen molar-refractivity contribution in [2.45, 2.75) is 39.4 Å². The fraction of sp³-hybridized carbons (Fsp3) is 0.429. The summed E-state index contributed by atoms with van der Waals surface area (Å²) in [5, 5.41) is 7.62. The molecule has 2 fully saturated rings. The van der Waals surface area contributed by atoms with Crippen molar-refractivity contribution >= 4 is 28.9 Å². The average Bonchev–Trinajstić information content (AvgIpc) is 3.30. The van der Waals surface area contributed by atoms with Crippen molar-refractivity contribution in [3.05, 3.63) is 70.5 Å². The molecule has 5 rings (SSSR count). The average molecular weight is 564 g/mol. The molecule has 2 aliphatic heterocycles. The summed E-state index contributed by atoms with van der Waals surface area (Å²) in [7, 11) is 0. The molecule has 0 saturated carbocycles. The molecule has 1 amide bonds. The minimum absolute atomic E-state index is 0. The summed E-state index contributed by atoms with van der Waals surface area (Å²) in [6, 6.07) is 10.7. The van der Waals surface area contributed by atoms with Gasteiger partial charge < -0.3 is 15.0 Å². The fourth-order valence-electron chi connectivity index (χ4n) is 5.14. The van der Waals surface area contributed by atoms with Crippen LogP contribution in [0.2, 0.25) is 5.02 Å². The van der Waals surface area contributed by atoms with Gasteiger partial charge in [0.25, 0.3) is 5.91 Å². The van der Waals surface area contributed by atoms with Crippen molar-refractivity contribution in [3.63, 3.8) is 0 Å². The zero-order chi connectivity index (χ0) is 26.9. The molecule has 0 aliphatic carbocycles. The first-order valence-corrected chi connectivity index (χ1v) is 13.0. The number of hydrogen-bond acceptors (Lipinski definition) is 5. The molecule has 3 heterocycles. The van der Waals surface area contributed by atoms with Crippen LogP contribution in [0.3, 0.4) is 0 Å². The zero-order valence-electron chi connectivity index (χ0n) is 21.0. The number of morpholine rings is 1. The normalized spacial score (nSPS) is 17.1. The molecule has 0 unspecified atom stereocenters. The largest absolute Gasteiger partial charge is 0.416 e. The first-order valence-electron chi connectivity index (χ1n) is 12.6.